The second-order valence-corrected chi connectivity index (χ2v) is 6.55. The third-order valence-electron chi connectivity index (χ3n) is 3.03. The maximum Gasteiger partial charge on any atom is 0.275 e. The van der Waals surface area contributed by atoms with Crippen LogP contribution in [0.15, 0.2) is 25.9 Å². The Kier molecular flexibility index (Phi) is 2.53. The summed E-state index contributed by atoms with van der Waals surface area (Å²) in [6, 6.07) is 0. The van der Waals surface area contributed by atoms with Crippen LogP contribution in [-0.4, -0.2) is 25.6 Å². The van der Waals surface area contributed by atoms with Gasteiger partial charge in [0.1, 0.15) is 0 Å². The Balaban J connectivity index is 1.61. The highest BCUT2D eigenvalue weighted by molar-refractivity contribution is 7.89. The van der Waals surface area contributed by atoms with Gasteiger partial charge in [0.2, 0.25) is 0 Å². The van der Waals surface area contributed by atoms with Crippen molar-refractivity contribution in [1.29, 1.82) is 0 Å². The molecule has 18 heavy (non-hydrogen) atoms. The van der Waals surface area contributed by atoms with E-state index in [0.717, 1.165) is 12.8 Å². The number of nitrogens with one attached hydrogen (secondary N) is 1. The van der Waals surface area contributed by atoms with Crippen LogP contribution >= 0.6 is 0 Å². The van der Waals surface area contributed by atoms with Crippen LogP contribution in [0.5, 0.6) is 0 Å². The SMILES string of the molecule is CC1(CCNS(=O)(=O)c2cnc(C3CC3)o2)N=N1. The summed E-state index contributed by atoms with van der Waals surface area (Å²) in [6.07, 6.45) is 3.86. The smallest absolute Gasteiger partial charge is 0.275 e. The Labute approximate surface area is 105 Å². The molecule has 0 atom stereocenters. The molecule has 2 aliphatic rings. The number of oxazole rings is 1. The standard InChI is InChI=1S/C10H14N4O3S/c1-10(13-14-10)4-5-12-18(15,16)8-6-11-9(17-8)7-2-3-7/h6-7,12H,2-5H2,1H3. The van der Waals surface area contributed by atoms with Crippen LogP contribution in [0.25, 0.3) is 0 Å². The first-order valence-electron chi connectivity index (χ1n) is 5.88. The summed E-state index contributed by atoms with van der Waals surface area (Å²) in [5.41, 5.74) is -0.400. The predicted molar refractivity (Wildman–Crippen MR) is 61.5 cm³/mol. The van der Waals surface area contributed by atoms with Crippen molar-refractivity contribution in [3.63, 3.8) is 0 Å². The topological polar surface area (TPSA) is 96.9 Å². The van der Waals surface area contributed by atoms with Gasteiger partial charge >= 0.3 is 0 Å². The van der Waals surface area contributed by atoms with Crippen LogP contribution in [0.1, 0.15) is 38.0 Å². The molecule has 1 saturated carbocycles. The third kappa shape index (κ3) is 2.44. The molecule has 0 spiro atoms. The van der Waals surface area contributed by atoms with Crippen LogP contribution in [0.4, 0.5) is 0 Å². The molecule has 1 aliphatic heterocycles. The fraction of sp³-hybridized carbons (Fsp3) is 0.700. The third-order valence-corrected chi connectivity index (χ3v) is 4.33. The van der Waals surface area contributed by atoms with Gasteiger partial charge in [-0.3, -0.25) is 0 Å². The monoisotopic (exact) mass is 270 g/mol. The second kappa shape index (κ2) is 3.86. The van der Waals surface area contributed by atoms with Gasteiger partial charge in [-0.15, -0.1) is 0 Å². The minimum Gasteiger partial charge on any atom is -0.428 e. The first-order chi connectivity index (χ1) is 8.49. The first kappa shape index (κ1) is 11.8. The highest BCUT2D eigenvalue weighted by Gasteiger charge is 2.34. The molecule has 1 fully saturated rings. The highest BCUT2D eigenvalue weighted by Crippen LogP contribution is 2.39. The van der Waals surface area contributed by atoms with Crippen LogP contribution in [0.2, 0.25) is 0 Å². The summed E-state index contributed by atoms with van der Waals surface area (Å²) in [5.74, 6) is 0.825. The molecule has 98 valence electrons. The molecule has 0 amide bonds. The first-order valence-corrected chi connectivity index (χ1v) is 7.36. The average Bonchev–Trinajstić information content (AvgIpc) is 3.22. The van der Waals surface area contributed by atoms with Gasteiger partial charge in [-0.1, -0.05) is 0 Å². The largest absolute Gasteiger partial charge is 0.428 e. The van der Waals surface area contributed by atoms with Crippen LogP contribution in [-0.2, 0) is 10.0 Å². The minimum absolute atomic E-state index is 0.112. The van der Waals surface area contributed by atoms with Crippen molar-refractivity contribution in [3.05, 3.63) is 12.1 Å². The number of hydrogen-bond donors (Lipinski definition) is 1. The number of hydrogen-bond acceptors (Lipinski definition) is 6. The highest BCUT2D eigenvalue weighted by atomic mass is 32.2. The van der Waals surface area contributed by atoms with Crippen LogP contribution < -0.4 is 4.72 Å². The number of rotatable bonds is 6. The van der Waals surface area contributed by atoms with E-state index in [4.69, 9.17) is 4.42 Å². The lowest BCUT2D eigenvalue weighted by molar-refractivity contribution is 0.405. The molecular formula is C10H14N4O3S. The molecule has 1 aromatic heterocycles. The molecule has 0 saturated heterocycles. The van der Waals surface area contributed by atoms with Gasteiger partial charge in [0, 0.05) is 18.9 Å². The summed E-state index contributed by atoms with van der Waals surface area (Å²) in [7, 11) is -3.60. The average molecular weight is 270 g/mol. The molecule has 8 heteroatoms. The van der Waals surface area contributed by atoms with E-state index in [9.17, 15) is 8.42 Å². The number of aromatic nitrogens is 1. The molecule has 0 unspecified atom stereocenters. The van der Waals surface area contributed by atoms with Crippen molar-refractivity contribution in [2.75, 3.05) is 6.54 Å². The Morgan fingerprint density at radius 1 is 1.50 bits per heavy atom. The van der Waals surface area contributed by atoms with Gasteiger partial charge < -0.3 is 4.42 Å². The van der Waals surface area contributed by atoms with Gasteiger partial charge in [-0.2, -0.15) is 10.2 Å². The Morgan fingerprint density at radius 2 is 2.22 bits per heavy atom. The molecular weight excluding hydrogens is 256 g/mol. The van der Waals surface area contributed by atoms with E-state index >= 15 is 0 Å². The van der Waals surface area contributed by atoms with E-state index in [1.54, 1.807) is 0 Å². The summed E-state index contributed by atoms with van der Waals surface area (Å²) in [4.78, 5) is 3.99. The van der Waals surface area contributed by atoms with Crippen molar-refractivity contribution < 1.29 is 12.8 Å². The fourth-order valence-corrected chi connectivity index (χ4v) is 2.49. The molecule has 0 bridgehead atoms. The summed E-state index contributed by atoms with van der Waals surface area (Å²) < 4.78 is 31.5. The van der Waals surface area contributed by atoms with Crippen LogP contribution in [0.3, 0.4) is 0 Å². The van der Waals surface area contributed by atoms with Gasteiger partial charge in [0.25, 0.3) is 15.1 Å². The molecule has 2 heterocycles. The van der Waals surface area contributed by atoms with E-state index in [-0.39, 0.29) is 11.6 Å². The maximum atomic E-state index is 11.9. The molecule has 7 nitrogen and oxygen atoms in total. The zero-order chi connectivity index (χ0) is 12.8. The number of nitrogens with zero attached hydrogens (tertiary/aromatic N) is 3. The predicted octanol–water partition coefficient (Wildman–Crippen LogP) is 1.40. The van der Waals surface area contributed by atoms with E-state index in [1.807, 2.05) is 6.92 Å². The molecule has 1 N–H and O–H groups in total. The Bertz CT molecular complexity index is 582. The lowest BCUT2D eigenvalue weighted by Gasteiger charge is -2.05. The van der Waals surface area contributed by atoms with Gasteiger partial charge in [-0.25, -0.2) is 18.1 Å². The quantitative estimate of drug-likeness (QED) is 0.844. The molecule has 0 aromatic carbocycles. The maximum absolute atomic E-state index is 11.9. The van der Waals surface area contributed by atoms with E-state index in [1.165, 1.54) is 6.20 Å². The van der Waals surface area contributed by atoms with E-state index in [2.05, 4.69) is 19.9 Å². The van der Waals surface area contributed by atoms with Gasteiger partial charge in [0.05, 0.1) is 6.20 Å². The number of sulfonamides is 1. The van der Waals surface area contributed by atoms with E-state index < -0.39 is 15.7 Å². The Hall–Kier alpha value is -1.28. The summed E-state index contributed by atoms with van der Waals surface area (Å²) in [6.45, 7) is 2.13. The second-order valence-electron chi connectivity index (χ2n) is 4.86. The van der Waals surface area contributed by atoms with Crippen molar-refractivity contribution in [2.45, 2.75) is 42.9 Å². The van der Waals surface area contributed by atoms with Gasteiger partial charge in [-0.05, 0) is 19.8 Å². The zero-order valence-corrected chi connectivity index (χ0v) is 10.8. The fourth-order valence-electron chi connectivity index (χ4n) is 1.59. The summed E-state index contributed by atoms with van der Waals surface area (Å²) in [5, 5.41) is 7.52. The van der Waals surface area contributed by atoms with Crippen molar-refractivity contribution >= 4 is 10.0 Å². The molecule has 0 radical (unpaired) electrons. The minimum atomic E-state index is -3.60. The lowest BCUT2D eigenvalue weighted by Crippen LogP contribution is -2.27. The van der Waals surface area contributed by atoms with Gasteiger partial charge in [0.15, 0.2) is 11.6 Å². The van der Waals surface area contributed by atoms with Crippen molar-refractivity contribution in [1.82, 2.24) is 9.71 Å². The Morgan fingerprint density at radius 3 is 2.83 bits per heavy atom. The normalized spacial score (nSPS) is 21.2. The lowest BCUT2D eigenvalue weighted by atomic mass is 10.2. The van der Waals surface area contributed by atoms with E-state index in [0.29, 0.717) is 18.2 Å². The summed E-state index contributed by atoms with van der Waals surface area (Å²) >= 11 is 0. The van der Waals surface area contributed by atoms with Crippen molar-refractivity contribution in [3.8, 4) is 0 Å². The molecule has 3 rings (SSSR count). The zero-order valence-electron chi connectivity index (χ0n) is 9.96. The molecule has 1 aliphatic carbocycles. The van der Waals surface area contributed by atoms with Crippen LogP contribution in [0, 0.1) is 0 Å². The van der Waals surface area contributed by atoms with Crippen molar-refractivity contribution in [2.24, 2.45) is 10.2 Å². The molecule has 1 aromatic rings.